The smallest absolute Gasteiger partial charge is 0.144 e. The molecule has 0 saturated carbocycles. The Morgan fingerprint density at radius 2 is 1.56 bits per heavy atom. The van der Waals surface area contributed by atoms with Crippen LogP contribution in [0.25, 0.3) is 44.3 Å². The molecule has 0 aliphatic carbocycles. The number of fused-ring (bicyclic) bond motifs is 3. The molecule has 130 valence electrons. The molecule has 0 aliphatic rings. The summed E-state index contributed by atoms with van der Waals surface area (Å²) in [5, 5.41) is 2.26. The highest BCUT2D eigenvalue weighted by molar-refractivity contribution is 6.10. The lowest BCUT2D eigenvalue weighted by molar-refractivity contribution is 0.670. The van der Waals surface area contributed by atoms with Gasteiger partial charge in [-0.05, 0) is 66.4 Å². The van der Waals surface area contributed by atoms with Gasteiger partial charge in [-0.1, -0.05) is 42.5 Å². The number of hydrogen-bond acceptors (Lipinski definition) is 2. The molecule has 0 radical (unpaired) electrons. The standard InChI is InChI=1S/C25H19NO/c1-16-7-5-8-17(2)24(16)18-12-13-19-20-9-6-10-21(22-11-3-4-14-26-22)25(20)27-23(19)15-18/h3-15H,1-2H3. The third kappa shape index (κ3) is 2.53. The Morgan fingerprint density at radius 1 is 0.741 bits per heavy atom. The molecule has 2 nitrogen and oxygen atoms in total. The Balaban J connectivity index is 1.77. The minimum Gasteiger partial charge on any atom is -0.455 e. The number of benzene rings is 3. The number of para-hydroxylation sites is 1. The molecule has 0 atom stereocenters. The SMILES string of the molecule is Cc1cccc(C)c1-c1ccc2c(c1)oc1c(-c3ccccn3)cccc12. The van der Waals surface area contributed by atoms with E-state index in [9.17, 15) is 0 Å². The lowest BCUT2D eigenvalue weighted by Gasteiger charge is -2.09. The van der Waals surface area contributed by atoms with E-state index in [1.807, 2.05) is 24.4 Å². The van der Waals surface area contributed by atoms with Crippen LogP contribution < -0.4 is 0 Å². The fourth-order valence-corrected chi connectivity index (χ4v) is 3.95. The van der Waals surface area contributed by atoms with E-state index >= 15 is 0 Å². The molecular weight excluding hydrogens is 330 g/mol. The maximum atomic E-state index is 6.34. The molecule has 0 bridgehead atoms. The van der Waals surface area contributed by atoms with Gasteiger partial charge in [0.25, 0.3) is 0 Å². The van der Waals surface area contributed by atoms with E-state index in [0.717, 1.165) is 33.2 Å². The van der Waals surface area contributed by atoms with Crippen molar-refractivity contribution >= 4 is 21.9 Å². The van der Waals surface area contributed by atoms with Gasteiger partial charge >= 0.3 is 0 Å². The second kappa shape index (κ2) is 6.10. The van der Waals surface area contributed by atoms with Crippen LogP contribution in [0.4, 0.5) is 0 Å². The van der Waals surface area contributed by atoms with Crippen molar-refractivity contribution in [3.05, 3.63) is 90.1 Å². The summed E-state index contributed by atoms with van der Waals surface area (Å²) in [6.45, 7) is 4.31. The van der Waals surface area contributed by atoms with Crippen LogP contribution in [0.3, 0.4) is 0 Å². The summed E-state index contributed by atoms with van der Waals surface area (Å²) in [6, 6.07) is 25.2. The highest BCUT2D eigenvalue weighted by Gasteiger charge is 2.14. The van der Waals surface area contributed by atoms with Crippen molar-refractivity contribution in [3.63, 3.8) is 0 Å². The summed E-state index contributed by atoms with van der Waals surface area (Å²) in [7, 11) is 0. The molecule has 2 aromatic heterocycles. The fourth-order valence-electron chi connectivity index (χ4n) is 3.95. The van der Waals surface area contributed by atoms with Crippen LogP contribution in [0.2, 0.25) is 0 Å². The maximum absolute atomic E-state index is 6.34. The van der Waals surface area contributed by atoms with Crippen LogP contribution in [0.1, 0.15) is 11.1 Å². The number of pyridine rings is 1. The van der Waals surface area contributed by atoms with Gasteiger partial charge in [0, 0.05) is 22.5 Å². The van der Waals surface area contributed by atoms with Crippen LogP contribution in [0.5, 0.6) is 0 Å². The largest absolute Gasteiger partial charge is 0.455 e. The van der Waals surface area contributed by atoms with Gasteiger partial charge in [0.15, 0.2) is 0 Å². The van der Waals surface area contributed by atoms with E-state index in [0.29, 0.717) is 0 Å². The Hall–Kier alpha value is -3.39. The Morgan fingerprint density at radius 3 is 2.33 bits per heavy atom. The van der Waals surface area contributed by atoms with Gasteiger partial charge in [-0.25, -0.2) is 0 Å². The molecule has 0 spiro atoms. The van der Waals surface area contributed by atoms with Gasteiger partial charge in [-0.15, -0.1) is 0 Å². The minimum absolute atomic E-state index is 0.893. The predicted octanol–water partition coefficient (Wildman–Crippen LogP) is 6.93. The zero-order chi connectivity index (χ0) is 18.4. The molecule has 0 unspecified atom stereocenters. The number of nitrogens with zero attached hydrogens (tertiary/aromatic N) is 1. The number of aryl methyl sites for hydroxylation is 2. The first-order valence-electron chi connectivity index (χ1n) is 9.15. The third-order valence-corrected chi connectivity index (χ3v) is 5.21. The summed E-state index contributed by atoms with van der Waals surface area (Å²) < 4.78 is 6.34. The van der Waals surface area contributed by atoms with Crippen molar-refractivity contribution in [1.29, 1.82) is 0 Å². The van der Waals surface area contributed by atoms with Crippen molar-refractivity contribution in [2.45, 2.75) is 13.8 Å². The van der Waals surface area contributed by atoms with Crippen molar-refractivity contribution in [2.24, 2.45) is 0 Å². The molecule has 2 heterocycles. The fraction of sp³-hybridized carbons (Fsp3) is 0.0800. The highest BCUT2D eigenvalue weighted by Crippen LogP contribution is 2.37. The second-order valence-corrected chi connectivity index (χ2v) is 6.98. The molecular formula is C25H19NO. The first-order chi connectivity index (χ1) is 13.2. The zero-order valence-electron chi connectivity index (χ0n) is 15.4. The van der Waals surface area contributed by atoms with Gasteiger partial charge in [-0.3, -0.25) is 4.98 Å². The molecule has 27 heavy (non-hydrogen) atoms. The van der Waals surface area contributed by atoms with E-state index in [-0.39, 0.29) is 0 Å². The maximum Gasteiger partial charge on any atom is 0.144 e. The average molecular weight is 349 g/mol. The van der Waals surface area contributed by atoms with Crippen LogP contribution in [0.15, 0.2) is 83.4 Å². The van der Waals surface area contributed by atoms with Crippen LogP contribution in [-0.2, 0) is 0 Å². The molecule has 3 aromatic carbocycles. The van der Waals surface area contributed by atoms with Crippen LogP contribution in [-0.4, -0.2) is 4.98 Å². The van der Waals surface area contributed by atoms with Gasteiger partial charge in [0.1, 0.15) is 11.2 Å². The molecule has 0 N–H and O–H groups in total. The first kappa shape index (κ1) is 15.8. The summed E-state index contributed by atoms with van der Waals surface area (Å²) in [5.74, 6) is 0. The summed E-state index contributed by atoms with van der Waals surface area (Å²) in [5.41, 5.74) is 8.79. The monoisotopic (exact) mass is 349 g/mol. The third-order valence-electron chi connectivity index (χ3n) is 5.21. The second-order valence-electron chi connectivity index (χ2n) is 6.98. The zero-order valence-corrected chi connectivity index (χ0v) is 15.4. The summed E-state index contributed by atoms with van der Waals surface area (Å²) >= 11 is 0. The highest BCUT2D eigenvalue weighted by atomic mass is 16.3. The number of hydrogen-bond donors (Lipinski definition) is 0. The molecule has 2 heteroatoms. The van der Waals surface area contributed by atoms with E-state index < -0.39 is 0 Å². The van der Waals surface area contributed by atoms with Gasteiger partial charge in [-0.2, -0.15) is 0 Å². The van der Waals surface area contributed by atoms with E-state index in [2.05, 4.69) is 73.4 Å². The molecule has 0 saturated heterocycles. The molecule has 5 rings (SSSR count). The van der Waals surface area contributed by atoms with E-state index in [1.54, 1.807) is 0 Å². The van der Waals surface area contributed by atoms with Crippen LogP contribution >= 0.6 is 0 Å². The first-order valence-corrected chi connectivity index (χ1v) is 9.15. The lowest BCUT2D eigenvalue weighted by atomic mass is 9.95. The number of rotatable bonds is 2. The Kier molecular flexibility index (Phi) is 3.58. The minimum atomic E-state index is 0.893. The van der Waals surface area contributed by atoms with E-state index in [4.69, 9.17) is 4.42 Å². The summed E-state index contributed by atoms with van der Waals surface area (Å²) in [4.78, 5) is 4.50. The van der Waals surface area contributed by atoms with Gasteiger partial charge < -0.3 is 4.42 Å². The lowest BCUT2D eigenvalue weighted by Crippen LogP contribution is -1.87. The molecule has 0 aliphatic heterocycles. The van der Waals surface area contributed by atoms with Crippen molar-refractivity contribution < 1.29 is 4.42 Å². The quantitative estimate of drug-likeness (QED) is 0.345. The van der Waals surface area contributed by atoms with Crippen molar-refractivity contribution in [1.82, 2.24) is 4.98 Å². The topological polar surface area (TPSA) is 26.0 Å². The van der Waals surface area contributed by atoms with Crippen molar-refractivity contribution in [3.8, 4) is 22.4 Å². The number of furan rings is 1. The normalized spacial score (nSPS) is 11.3. The van der Waals surface area contributed by atoms with E-state index in [1.165, 1.54) is 22.3 Å². The Labute approximate surface area is 158 Å². The van der Waals surface area contributed by atoms with Gasteiger partial charge in [0.2, 0.25) is 0 Å². The predicted molar refractivity (Wildman–Crippen MR) is 112 cm³/mol. The molecule has 0 amide bonds. The average Bonchev–Trinajstić information content (AvgIpc) is 3.06. The number of aromatic nitrogens is 1. The van der Waals surface area contributed by atoms with Gasteiger partial charge in [0.05, 0.1) is 5.69 Å². The molecule has 0 fully saturated rings. The van der Waals surface area contributed by atoms with Crippen molar-refractivity contribution in [2.75, 3.05) is 0 Å². The summed E-state index contributed by atoms with van der Waals surface area (Å²) in [6.07, 6.45) is 1.82. The van der Waals surface area contributed by atoms with Crippen LogP contribution in [0, 0.1) is 13.8 Å². The Bertz CT molecular complexity index is 1260. The molecule has 5 aromatic rings.